The van der Waals surface area contributed by atoms with Crippen molar-refractivity contribution in [2.75, 3.05) is 25.5 Å². The maximum Gasteiger partial charge on any atom is 0.255 e. The number of carbonyl (C=O) groups excluding carboxylic acids is 2. The van der Waals surface area contributed by atoms with Gasteiger partial charge in [-0.05, 0) is 98.9 Å². The standard InChI is InChI=1S/C26H28N2O2.C8H7ClO/c1-19-5-3-7-22(17-19)26(29)27-23-8-4-6-21(18-23)20-9-11-24(12-10-20)30-25-13-15-28(2)16-14-25;1-6-3-2-4-7(5-6)8(9)10/h3-12,17-18,25H,13-16H2,1-2H3,(H,27,29);2-5H,1H3. The molecule has 0 radical (unpaired) electrons. The van der Waals surface area contributed by atoms with E-state index in [-0.39, 0.29) is 5.91 Å². The average Bonchev–Trinajstić information content (AvgIpc) is 2.95. The number of hydrogen-bond acceptors (Lipinski definition) is 4. The number of amides is 1. The fourth-order valence-electron chi connectivity index (χ4n) is 4.55. The van der Waals surface area contributed by atoms with Crippen LogP contribution in [0.2, 0.25) is 0 Å². The molecular weight excluding hydrogens is 520 g/mol. The Hall–Kier alpha value is -3.93. The maximum absolute atomic E-state index is 12.5. The summed E-state index contributed by atoms with van der Waals surface area (Å²) in [5.74, 6) is 0.815. The number of halogens is 1. The van der Waals surface area contributed by atoms with Gasteiger partial charge in [0.25, 0.3) is 11.1 Å². The highest BCUT2D eigenvalue weighted by atomic mass is 35.5. The molecule has 5 rings (SSSR count). The van der Waals surface area contributed by atoms with Crippen LogP contribution in [0.4, 0.5) is 5.69 Å². The number of ether oxygens (including phenoxy) is 1. The number of rotatable bonds is 6. The van der Waals surface area contributed by atoms with Gasteiger partial charge in [-0.2, -0.15) is 0 Å². The molecule has 1 heterocycles. The minimum absolute atomic E-state index is 0.0993. The van der Waals surface area contributed by atoms with E-state index in [4.69, 9.17) is 16.3 Å². The van der Waals surface area contributed by atoms with Crippen molar-refractivity contribution >= 4 is 28.4 Å². The molecule has 4 aromatic rings. The quantitative estimate of drug-likeness (QED) is 0.247. The number of anilines is 1. The molecule has 40 heavy (non-hydrogen) atoms. The summed E-state index contributed by atoms with van der Waals surface area (Å²) >= 11 is 5.24. The van der Waals surface area contributed by atoms with Crippen LogP contribution in [0.15, 0.2) is 97.1 Å². The molecule has 0 bridgehead atoms. The topological polar surface area (TPSA) is 58.6 Å². The number of carbonyl (C=O) groups is 2. The molecule has 1 N–H and O–H groups in total. The molecular formula is C34H35ClN2O3. The van der Waals surface area contributed by atoms with Gasteiger partial charge in [-0.3, -0.25) is 9.59 Å². The molecule has 1 aliphatic rings. The van der Waals surface area contributed by atoms with Crippen LogP contribution in [0.25, 0.3) is 11.1 Å². The van der Waals surface area contributed by atoms with Crippen molar-refractivity contribution in [3.63, 3.8) is 0 Å². The van der Waals surface area contributed by atoms with Gasteiger partial charge in [0.1, 0.15) is 11.9 Å². The van der Waals surface area contributed by atoms with E-state index in [1.54, 1.807) is 12.1 Å². The smallest absolute Gasteiger partial charge is 0.255 e. The Morgan fingerprint density at radius 3 is 1.98 bits per heavy atom. The van der Waals surface area contributed by atoms with Crippen LogP contribution < -0.4 is 10.1 Å². The van der Waals surface area contributed by atoms with Gasteiger partial charge in [0.05, 0.1) is 0 Å². The van der Waals surface area contributed by atoms with Crippen LogP contribution in [0.3, 0.4) is 0 Å². The molecule has 1 aliphatic heterocycles. The number of hydrogen-bond donors (Lipinski definition) is 1. The van der Waals surface area contributed by atoms with Crippen LogP contribution in [0.5, 0.6) is 5.75 Å². The van der Waals surface area contributed by atoms with Crippen molar-refractivity contribution < 1.29 is 14.3 Å². The van der Waals surface area contributed by atoms with Gasteiger partial charge in [0, 0.05) is 29.9 Å². The fraction of sp³-hybridized carbons (Fsp3) is 0.235. The molecule has 0 aliphatic carbocycles. The van der Waals surface area contributed by atoms with Gasteiger partial charge < -0.3 is 15.0 Å². The van der Waals surface area contributed by atoms with E-state index in [9.17, 15) is 9.59 Å². The first kappa shape index (κ1) is 29.1. The van der Waals surface area contributed by atoms with Crippen LogP contribution >= 0.6 is 11.6 Å². The van der Waals surface area contributed by atoms with E-state index < -0.39 is 5.24 Å². The normalized spacial score (nSPS) is 13.6. The van der Waals surface area contributed by atoms with Gasteiger partial charge in [-0.15, -0.1) is 0 Å². The van der Waals surface area contributed by atoms with E-state index in [0.29, 0.717) is 17.2 Å². The Morgan fingerprint density at radius 1 is 0.775 bits per heavy atom. The summed E-state index contributed by atoms with van der Waals surface area (Å²) in [6.45, 7) is 6.08. The zero-order valence-corrected chi connectivity index (χ0v) is 23.9. The first-order chi connectivity index (χ1) is 19.3. The predicted octanol–water partition coefficient (Wildman–Crippen LogP) is 7.76. The zero-order valence-electron chi connectivity index (χ0n) is 23.2. The lowest BCUT2D eigenvalue weighted by molar-refractivity contribution is 0.102. The Labute approximate surface area is 241 Å². The largest absolute Gasteiger partial charge is 0.490 e. The van der Waals surface area contributed by atoms with Crippen molar-refractivity contribution in [3.05, 3.63) is 119 Å². The van der Waals surface area contributed by atoms with Gasteiger partial charge >= 0.3 is 0 Å². The van der Waals surface area contributed by atoms with Crippen LogP contribution in [0, 0.1) is 13.8 Å². The van der Waals surface area contributed by atoms with Crippen molar-refractivity contribution in [2.45, 2.75) is 32.8 Å². The Balaban J connectivity index is 0.000000312. The molecule has 4 aromatic carbocycles. The number of aryl methyl sites for hydroxylation is 2. The highest BCUT2D eigenvalue weighted by Crippen LogP contribution is 2.26. The summed E-state index contributed by atoms with van der Waals surface area (Å²) in [5.41, 5.74) is 6.27. The molecule has 1 saturated heterocycles. The summed E-state index contributed by atoms with van der Waals surface area (Å²) in [7, 11) is 2.16. The number of benzene rings is 4. The number of nitrogens with one attached hydrogen (secondary N) is 1. The minimum atomic E-state index is -0.399. The van der Waals surface area contributed by atoms with Crippen LogP contribution in [-0.2, 0) is 0 Å². The highest BCUT2D eigenvalue weighted by Gasteiger charge is 2.18. The lowest BCUT2D eigenvalue weighted by Crippen LogP contribution is -2.35. The Kier molecular flexibility index (Phi) is 10.1. The highest BCUT2D eigenvalue weighted by molar-refractivity contribution is 6.67. The summed E-state index contributed by atoms with van der Waals surface area (Å²) in [5, 5.41) is 2.60. The molecule has 0 spiro atoms. The average molecular weight is 555 g/mol. The lowest BCUT2D eigenvalue weighted by atomic mass is 10.0. The van der Waals surface area contributed by atoms with Gasteiger partial charge in [-0.1, -0.05) is 65.7 Å². The Bertz CT molecular complexity index is 1440. The number of nitrogens with zero attached hydrogens (tertiary/aromatic N) is 1. The fourth-order valence-corrected chi connectivity index (χ4v) is 4.67. The van der Waals surface area contributed by atoms with Crippen molar-refractivity contribution in [3.8, 4) is 16.9 Å². The predicted molar refractivity (Wildman–Crippen MR) is 164 cm³/mol. The monoisotopic (exact) mass is 554 g/mol. The van der Waals surface area contributed by atoms with Crippen molar-refractivity contribution in [1.82, 2.24) is 4.90 Å². The molecule has 1 fully saturated rings. The van der Waals surface area contributed by atoms with Crippen molar-refractivity contribution in [2.24, 2.45) is 0 Å². The van der Waals surface area contributed by atoms with E-state index in [1.165, 1.54) is 0 Å². The SMILES string of the molecule is Cc1cccc(C(=O)Cl)c1.Cc1cccc(C(=O)Nc2cccc(-c3ccc(OC4CCN(C)CC4)cc3)c2)c1. The van der Waals surface area contributed by atoms with Crippen molar-refractivity contribution in [1.29, 1.82) is 0 Å². The first-order valence-corrected chi connectivity index (χ1v) is 13.8. The minimum Gasteiger partial charge on any atom is -0.490 e. The molecule has 206 valence electrons. The second-order valence-electron chi connectivity index (χ2n) is 10.2. The molecule has 1 amide bonds. The van der Waals surface area contributed by atoms with E-state index >= 15 is 0 Å². The third-order valence-electron chi connectivity index (χ3n) is 6.80. The molecule has 0 atom stereocenters. The van der Waals surface area contributed by atoms with Crippen LogP contribution in [-0.4, -0.2) is 42.3 Å². The number of likely N-dealkylation sites (tertiary alicyclic amines) is 1. The zero-order chi connectivity index (χ0) is 28.5. The van der Waals surface area contributed by atoms with Gasteiger partial charge in [0.15, 0.2) is 0 Å². The second-order valence-corrected chi connectivity index (χ2v) is 10.5. The third kappa shape index (κ3) is 8.54. The summed E-state index contributed by atoms with van der Waals surface area (Å²) in [6.07, 6.45) is 2.44. The molecule has 0 saturated carbocycles. The van der Waals surface area contributed by atoms with E-state index in [0.717, 1.165) is 59.6 Å². The summed E-state index contributed by atoms with van der Waals surface area (Å²) in [6, 6.07) is 30.9. The van der Waals surface area contributed by atoms with Crippen LogP contribution in [0.1, 0.15) is 44.7 Å². The molecule has 0 unspecified atom stereocenters. The lowest BCUT2D eigenvalue weighted by Gasteiger charge is -2.29. The van der Waals surface area contributed by atoms with Gasteiger partial charge in [-0.25, -0.2) is 0 Å². The third-order valence-corrected chi connectivity index (χ3v) is 7.02. The van der Waals surface area contributed by atoms with Gasteiger partial charge in [0.2, 0.25) is 0 Å². The Morgan fingerprint density at radius 2 is 1.38 bits per heavy atom. The first-order valence-electron chi connectivity index (χ1n) is 13.5. The maximum atomic E-state index is 12.5. The second kappa shape index (κ2) is 13.9. The summed E-state index contributed by atoms with van der Waals surface area (Å²) in [4.78, 5) is 25.4. The summed E-state index contributed by atoms with van der Waals surface area (Å²) < 4.78 is 6.15. The van der Waals surface area contributed by atoms with E-state index in [1.807, 2.05) is 80.6 Å². The molecule has 0 aromatic heterocycles. The van der Waals surface area contributed by atoms with E-state index in [2.05, 4.69) is 35.5 Å². The molecule has 6 heteroatoms. The molecule has 5 nitrogen and oxygen atoms in total. The number of piperidine rings is 1.